The number of rotatable bonds is 5. The van der Waals surface area contributed by atoms with Crippen LogP contribution in [0.15, 0.2) is 10.3 Å². The standard InChI is InChI=1S/C11H17N3O5S2/c1-7-11(2,4-5-19-7)13-21(17,18)9-6-8(14(15)16)10(12-3)20-9/h6-7,12-13H,4-5H2,1-3H3. The average Bonchev–Trinajstić information content (AvgIpc) is 2.94. The Balaban J connectivity index is 2.34. The number of anilines is 1. The van der Waals surface area contributed by atoms with Gasteiger partial charge in [-0.2, -0.15) is 0 Å². The molecule has 1 aromatic rings. The highest BCUT2D eigenvalue weighted by Crippen LogP contribution is 2.37. The zero-order valence-corrected chi connectivity index (χ0v) is 13.5. The largest absolute Gasteiger partial charge is 0.376 e. The van der Waals surface area contributed by atoms with Crippen LogP contribution in [0.5, 0.6) is 0 Å². The van der Waals surface area contributed by atoms with Gasteiger partial charge in [0.05, 0.1) is 16.6 Å². The monoisotopic (exact) mass is 335 g/mol. The number of nitrogens with one attached hydrogen (secondary N) is 2. The van der Waals surface area contributed by atoms with E-state index in [0.29, 0.717) is 13.0 Å². The van der Waals surface area contributed by atoms with Crippen LogP contribution in [-0.2, 0) is 14.8 Å². The second-order valence-corrected chi connectivity index (χ2v) is 8.03. The average molecular weight is 335 g/mol. The van der Waals surface area contributed by atoms with Crippen LogP contribution in [-0.4, -0.2) is 38.6 Å². The molecule has 0 radical (unpaired) electrons. The maximum atomic E-state index is 12.4. The predicted octanol–water partition coefficient (Wildman–Crippen LogP) is 1.54. The Morgan fingerprint density at radius 3 is 2.67 bits per heavy atom. The van der Waals surface area contributed by atoms with Gasteiger partial charge in [0.2, 0.25) is 0 Å². The van der Waals surface area contributed by atoms with Crippen LogP contribution in [0.3, 0.4) is 0 Å². The molecule has 1 aromatic heterocycles. The van der Waals surface area contributed by atoms with Gasteiger partial charge in [0.1, 0.15) is 4.21 Å². The molecular weight excluding hydrogens is 318 g/mol. The van der Waals surface area contributed by atoms with Gasteiger partial charge in [-0.3, -0.25) is 10.1 Å². The lowest BCUT2D eigenvalue weighted by Crippen LogP contribution is -2.50. The zero-order valence-electron chi connectivity index (χ0n) is 11.9. The molecule has 2 N–H and O–H groups in total. The van der Waals surface area contributed by atoms with Gasteiger partial charge in [-0.1, -0.05) is 11.3 Å². The molecule has 1 aliphatic heterocycles. The van der Waals surface area contributed by atoms with E-state index in [9.17, 15) is 18.5 Å². The summed E-state index contributed by atoms with van der Waals surface area (Å²) in [6.45, 7) is 4.04. The van der Waals surface area contributed by atoms with Gasteiger partial charge < -0.3 is 10.1 Å². The number of ether oxygens (including phenoxy) is 1. The van der Waals surface area contributed by atoms with Crippen molar-refractivity contribution in [2.45, 2.75) is 36.1 Å². The first-order valence-corrected chi connectivity index (χ1v) is 8.61. The summed E-state index contributed by atoms with van der Waals surface area (Å²) in [5.74, 6) is 0. The summed E-state index contributed by atoms with van der Waals surface area (Å²) in [5, 5.41) is 13.8. The fourth-order valence-corrected chi connectivity index (χ4v) is 4.91. The Morgan fingerprint density at radius 2 is 2.24 bits per heavy atom. The first-order valence-electron chi connectivity index (χ1n) is 6.31. The smallest absolute Gasteiger partial charge is 0.304 e. The fourth-order valence-electron chi connectivity index (χ4n) is 2.13. The lowest BCUT2D eigenvalue weighted by Gasteiger charge is -2.27. The molecule has 118 valence electrons. The Morgan fingerprint density at radius 1 is 1.57 bits per heavy atom. The molecule has 2 heterocycles. The predicted molar refractivity (Wildman–Crippen MR) is 79.3 cm³/mol. The number of thiophene rings is 1. The summed E-state index contributed by atoms with van der Waals surface area (Å²) in [5.41, 5.74) is -0.957. The highest BCUT2D eigenvalue weighted by molar-refractivity contribution is 7.91. The topological polar surface area (TPSA) is 111 Å². The van der Waals surface area contributed by atoms with E-state index in [4.69, 9.17) is 4.74 Å². The molecule has 0 amide bonds. The van der Waals surface area contributed by atoms with Crippen LogP contribution in [0.2, 0.25) is 0 Å². The number of nitro groups is 1. The molecule has 21 heavy (non-hydrogen) atoms. The number of sulfonamides is 1. The molecule has 0 spiro atoms. The van der Waals surface area contributed by atoms with Gasteiger partial charge in [0.25, 0.3) is 10.0 Å². The van der Waals surface area contributed by atoms with E-state index in [-0.39, 0.29) is 21.0 Å². The molecular formula is C11H17N3O5S2. The van der Waals surface area contributed by atoms with Crippen LogP contribution in [0.4, 0.5) is 10.7 Å². The third-order valence-electron chi connectivity index (χ3n) is 3.63. The summed E-state index contributed by atoms with van der Waals surface area (Å²) in [7, 11) is -2.33. The second kappa shape index (κ2) is 5.52. The molecule has 0 bridgehead atoms. The lowest BCUT2D eigenvalue weighted by molar-refractivity contribution is -0.383. The molecule has 2 rings (SSSR count). The second-order valence-electron chi connectivity index (χ2n) is 5.07. The molecule has 2 atom stereocenters. The van der Waals surface area contributed by atoms with Crippen LogP contribution >= 0.6 is 11.3 Å². The summed E-state index contributed by atoms with van der Waals surface area (Å²) in [6.07, 6.45) is 0.297. The molecule has 0 saturated carbocycles. The van der Waals surface area contributed by atoms with Gasteiger partial charge in [0.15, 0.2) is 5.00 Å². The molecule has 1 saturated heterocycles. The minimum absolute atomic E-state index is 0.0844. The van der Waals surface area contributed by atoms with E-state index < -0.39 is 20.5 Å². The van der Waals surface area contributed by atoms with E-state index in [2.05, 4.69) is 10.0 Å². The molecule has 0 aromatic carbocycles. The van der Waals surface area contributed by atoms with Crippen molar-refractivity contribution in [3.05, 3.63) is 16.2 Å². The van der Waals surface area contributed by atoms with Crippen LogP contribution in [0.1, 0.15) is 20.3 Å². The maximum absolute atomic E-state index is 12.4. The van der Waals surface area contributed by atoms with E-state index >= 15 is 0 Å². The minimum Gasteiger partial charge on any atom is -0.376 e. The normalized spacial score (nSPS) is 26.0. The van der Waals surface area contributed by atoms with Crippen molar-refractivity contribution in [1.82, 2.24) is 4.72 Å². The van der Waals surface area contributed by atoms with Crippen molar-refractivity contribution in [2.75, 3.05) is 19.0 Å². The summed E-state index contributed by atoms with van der Waals surface area (Å²) < 4.78 is 32.8. The lowest BCUT2D eigenvalue weighted by atomic mass is 9.97. The van der Waals surface area contributed by atoms with E-state index in [1.807, 2.05) is 0 Å². The summed E-state index contributed by atoms with van der Waals surface area (Å²) in [6, 6.07) is 1.07. The first kappa shape index (κ1) is 16.1. The Labute approximate surface area is 126 Å². The molecule has 1 fully saturated rings. The Bertz CT molecular complexity index is 657. The van der Waals surface area contributed by atoms with Crippen LogP contribution in [0, 0.1) is 10.1 Å². The third-order valence-corrected chi connectivity index (χ3v) is 6.86. The van der Waals surface area contributed by atoms with Crippen molar-refractivity contribution in [2.24, 2.45) is 0 Å². The van der Waals surface area contributed by atoms with E-state index in [0.717, 1.165) is 17.4 Å². The number of hydrogen-bond donors (Lipinski definition) is 2. The first-order chi connectivity index (χ1) is 9.69. The van der Waals surface area contributed by atoms with Gasteiger partial charge in [-0.15, -0.1) is 0 Å². The summed E-state index contributed by atoms with van der Waals surface area (Å²) >= 11 is 0.834. The van der Waals surface area contributed by atoms with Crippen LogP contribution in [0.25, 0.3) is 0 Å². The van der Waals surface area contributed by atoms with Gasteiger partial charge in [-0.05, 0) is 20.3 Å². The molecule has 8 nitrogen and oxygen atoms in total. The molecule has 0 aliphatic carbocycles. The minimum atomic E-state index is -3.84. The van der Waals surface area contributed by atoms with Crippen molar-refractivity contribution < 1.29 is 18.1 Å². The molecule has 1 aliphatic rings. The van der Waals surface area contributed by atoms with Crippen molar-refractivity contribution in [1.29, 1.82) is 0 Å². The third kappa shape index (κ3) is 3.03. The molecule has 2 unspecified atom stereocenters. The van der Waals surface area contributed by atoms with Crippen molar-refractivity contribution in [3.8, 4) is 0 Å². The SMILES string of the molecule is CNc1sc(S(=O)(=O)NC2(C)CCOC2C)cc1[N+](=O)[O-]. The van der Waals surface area contributed by atoms with E-state index in [1.54, 1.807) is 13.8 Å². The number of hydrogen-bond acceptors (Lipinski definition) is 7. The zero-order chi connectivity index (χ0) is 15.8. The number of nitrogens with zero attached hydrogens (tertiary/aromatic N) is 1. The van der Waals surface area contributed by atoms with Gasteiger partial charge in [0, 0.05) is 19.7 Å². The Kier molecular flexibility index (Phi) is 4.24. The van der Waals surface area contributed by atoms with Crippen molar-refractivity contribution in [3.63, 3.8) is 0 Å². The van der Waals surface area contributed by atoms with Gasteiger partial charge in [-0.25, -0.2) is 13.1 Å². The summed E-state index contributed by atoms with van der Waals surface area (Å²) in [4.78, 5) is 10.3. The fraction of sp³-hybridized carbons (Fsp3) is 0.636. The Hall–Kier alpha value is -1.23. The van der Waals surface area contributed by atoms with Crippen LogP contribution < -0.4 is 10.0 Å². The van der Waals surface area contributed by atoms with Crippen molar-refractivity contribution >= 4 is 32.0 Å². The van der Waals surface area contributed by atoms with Gasteiger partial charge >= 0.3 is 5.69 Å². The molecule has 10 heteroatoms. The highest BCUT2D eigenvalue weighted by Gasteiger charge is 2.41. The highest BCUT2D eigenvalue weighted by atomic mass is 32.2. The van der Waals surface area contributed by atoms with E-state index in [1.165, 1.54) is 7.05 Å². The quantitative estimate of drug-likeness (QED) is 0.624. The maximum Gasteiger partial charge on any atom is 0.304 e.